The second-order valence-corrected chi connectivity index (χ2v) is 15.0. The number of carbonyl (C=O) groups excluding carboxylic acids is 4. The minimum atomic E-state index is -1.58. The van der Waals surface area contributed by atoms with Gasteiger partial charge in [-0.1, -0.05) is 35.5 Å². The molecule has 4 rings (SSSR count). The Bertz CT molecular complexity index is 2270. The predicted octanol–water partition coefficient (Wildman–Crippen LogP) is 1.93. The summed E-state index contributed by atoms with van der Waals surface area (Å²) in [7, 11) is 0. The molecule has 4 unspecified atom stereocenters. The van der Waals surface area contributed by atoms with E-state index in [0.717, 1.165) is 0 Å². The molecule has 0 saturated heterocycles. The van der Waals surface area contributed by atoms with Crippen LogP contribution in [0, 0.1) is 22.7 Å². The highest BCUT2D eigenvalue weighted by atomic mass is 35.5. The van der Waals surface area contributed by atoms with Crippen LogP contribution in [0.1, 0.15) is 44.5 Å². The van der Waals surface area contributed by atoms with Gasteiger partial charge in [-0.25, -0.2) is 19.6 Å². The van der Waals surface area contributed by atoms with Crippen molar-refractivity contribution in [2.24, 2.45) is 11.5 Å². The molecule has 2 aromatic heterocycles. The van der Waals surface area contributed by atoms with Crippen molar-refractivity contribution in [2.45, 2.75) is 81.0 Å². The average Bonchev–Trinajstić information content (AvgIpc) is 3.70. The smallest absolute Gasteiger partial charge is 0.331 e. The van der Waals surface area contributed by atoms with Crippen LogP contribution in [0.4, 0.5) is 5.82 Å². The number of nitrogens with one attached hydrogen (secondary N) is 2. The molecule has 0 saturated carbocycles. The quantitative estimate of drug-likeness (QED) is 0.0523. The van der Waals surface area contributed by atoms with E-state index in [-0.39, 0.29) is 39.0 Å². The van der Waals surface area contributed by atoms with E-state index in [0.29, 0.717) is 27.7 Å². The van der Waals surface area contributed by atoms with Gasteiger partial charge in [-0.15, -0.1) is 0 Å². The molecule has 21 heteroatoms. The van der Waals surface area contributed by atoms with Crippen LogP contribution in [0.15, 0.2) is 64.2 Å². The second-order valence-electron chi connectivity index (χ2n) is 13.6. The number of nitrogens with zero attached hydrogens (tertiary/aromatic N) is 4. The van der Waals surface area contributed by atoms with Crippen LogP contribution in [0.25, 0.3) is 22.6 Å². The Morgan fingerprint density at radius 2 is 1.39 bits per heavy atom. The van der Waals surface area contributed by atoms with E-state index in [9.17, 15) is 39.9 Å². The molecular weight excluding hydrogens is 834 g/mol. The maximum absolute atomic E-state index is 13.2. The molecule has 10 N–H and O–H groups in total. The number of nitrogens with two attached hydrogens (primary N) is 3. The van der Waals surface area contributed by atoms with Gasteiger partial charge >= 0.3 is 11.9 Å². The molecule has 0 aliphatic carbocycles. The zero-order valence-corrected chi connectivity index (χ0v) is 34.9. The van der Waals surface area contributed by atoms with Gasteiger partial charge in [-0.3, -0.25) is 9.59 Å². The lowest BCUT2D eigenvalue weighted by atomic mass is 9.97. The van der Waals surface area contributed by atoms with Crippen LogP contribution >= 0.6 is 23.4 Å². The first-order chi connectivity index (χ1) is 28.9. The Morgan fingerprint density at radius 3 is 1.93 bits per heavy atom. The lowest BCUT2D eigenvalue weighted by molar-refractivity contribution is -0.167. The number of aromatic nitrogens is 2. The summed E-state index contributed by atoms with van der Waals surface area (Å²) in [4.78, 5) is 59.5. The number of halogens is 1. The Hall–Kier alpha value is -6.26. The molecule has 4 aromatic rings. The van der Waals surface area contributed by atoms with Crippen LogP contribution in [-0.4, -0.2) is 99.6 Å². The SMILES string of the molecule is CC(O)C(NC(=O)[C@H](C)N)C(=O)OC[C@H](COc1ccc(-c2c(C#N)c(N)nc(SCc3coc(-c4ccc(Cl)cc4)n3)c2C#N)cc1)OC(=O)C(NC(=O)[C@H](C)N)C(C)O. The standard InChI is InChI=1S/C40H44ClN9O10S/c1-19(44)35(53)48-32(21(3)51)39(55)59-17-28(60-40(56)33(22(4)52)49-36(54)20(2)45)16-57-27-11-7-23(8-12-27)31-29(13-42)34(46)50-38(30(31)14-43)61-18-26-15-58-37(47-26)24-5-9-25(41)10-6-24/h5-12,15,19-22,28,32-33,51-52H,16-18,44-45H2,1-4H3,(H2,46,50)(H,48,53)(H,49,54)/t19-,20-,21?,22?,28-,32?,33?/m0/s1. The first kappa shape index (κ1) is 47.4. The predicted molar refractivity (Wildman–Crippen MR) is 221 cm³/mol. The molecule has 2 heterocycles. The van der Waals surface area contributed by atoms with Gasteiger partial charge in [-0.2, -0.15) is 10.5 Å². The van der Waals surface area contributed by atoms with Gasteiger partial charge in [-0.05, 0) is 69.7 Å². The minimum absolute atomic E-state index is 0.0359. The highest BCUT2D eigenvalue weighted by Crippen LogP contribution is 2.37. The van der Waals surface area contributed by atoms with Crippen molar-refractivity contribution < 1.29 is 48.0 Å². The summed E-state index contributed by atoms with van der Waals surface area (Å²) in [5, 5.41) is 46.1. The van der Waals surface area contributed by atoms with Gasteiger partial charge in [0.2, 0.25) is 17.7 Å². The molecule has 0 fully saturated rings. The number of carbonyl (C=O) groups is 4. The summed E-state index contributed by atoms with van der Waals surface area (Å²) in [6.45, 7) is 4.08. The van der Waals surface area contributed by atoms with E-state index in [1.165, 1.54) is 57.9 Å². The minimum Gasteiger partial charge on any atom is -0.490 e. The van der Waals surface area contributed by atoms with Crippen molar-refractivity contribution in [3.8, 4) is 40.5 Å². The lowest BCUT2D eigenvalue weighted by Gasteiger charge is -2.26. The summed E-state index contributed by atoms with van der Waals surface area (Å²) in [6, 6.07) is 12.1. The molecule has 0 radical (unpaired) electrons. The Labute approximate surface area is 359 Å². The molecule has 19 nitrogen and oxygen atoms in total. The number of benzene rings is 2. The van der Waals surface area contributed by atoms with Crippen molar-refractivity contribution in [3.63, 3.8) is 0 Å². The van der Waals surface area contributed by atoms with E-state index in [1.807, 2.05) is 6.07 Å². The van der Waals surface area contributed by atoms with E-state index < -0.39 is 79.4 Å². The molecule has 2 amide bonds. The fourth-order valence-corrected chi connectivity index (χ4v) is 6.28. The summed E-state index contributed by atoms with van der Waals surface area (Å²) < 4.78 is 22.3. The number of oxazole rings is 1. The zero-order valence-electron chi connectivity index (χ0n) is 33.3. The van der Waals surface area contributed by atoms with Crippen molar-refractivity contribution in [1.82, 2.24) is 20.6 Å². The Kier molecular flexibility index (Phi) is 17.0. The molecule has 2 aromatic carbocycles. The number of esters is 2. The van der Waals surface area contributed by atoms with Crippen molar-refractivity contribution in [1.29, 1.82) is 10.5 Å². The van der Waals surface area contributed by atoms with Crippen molar-refractivity contribution in [2.75, 3.05) is 18.9 Å². The van der Waals surface area contributed by atoms with Crippen molar-refractivity contribution in [3.05, 3.63) is 76.6 Å². The van der Waals surface area contributed by atoms with Gasteiger partial charge in [0.1, 0.15) is 53.8 Å². The van der Waals surface area contributed by atoms with Gasteiger partial charge in [0.05, 0.1) is 35.5 Å². The molecular formula is C40H44ClN9O10S. The number of ether oxygens (including phenoxy) is 3. The number of pyridine rings is 1. The summed E-state index contributed by atoms with van der Waals surface area (Å²) in [5.41, 5.74) is 19.3. The Morgan fingerprint density at radius 1 is 0.836 bits per heavy atom. The van der Waals surface area contributed by atoms with E-state index in [1.54, 1.807) is 36.4 Å². The molecule has 322 valence electrons. The molecule has 0 bridgehead atoms. The van der Waals surface area contributed by atoms with Gasteiger partial charge in [0.15, 0.2) is 18.2 Å². The maximum Gasteiger partial charge on any atom is 0.331 e. The average molecular weight is 878 g/mol. The monoisotopic (exact) mass is 877 g/mol. The molecule has 0 spiro atoms. The third-order valence-corrected chi connectivity index (χ3v) is 9.84. The molecule has 61 heavy (non-hydrogen) atoms. The fourth-order valence-electron chi connectivity index (χ4n) is 5.28. The van der Waals surface area contributed by atoms with Gasteiger partial charge in [0.25, 0.3) is 0 Å². The summed E-state index contributed by atoms with van der Waals surface area (Å²) in [6.07, 6.45) is -2.75. The molecule has 0 aliphatic heterocycles. The zero-order chi connectivity index (χ0) is 45.0. The highest BCUT2D eigenvalue weighted by molar-refractivity contribution is 7.98. The second kappa shape index (κ2) is 21.8. The number of anilines is 1. The lowest BCUT2D eigenvalue weighted by Crippen LogP contribution is -2.54. The van der Waals surface area contributed by atoms with Crippen molar-refractivity contribution >= 4 is 52.9 Å². The van der Waals surface area contributed by atoms with Crippen LogP contribution in [0.3, 0.4) is 0 Å². The van der Waals surface area contributed by atoms with Crippen LogP contribution in [0.2, 0.25) is 5.02 Å². The first-order valence-corrected chi connectivity index (χ1v) is 19.9. The number of nitriles is 2. The van der Waals surface area contributed by atoms with E-state index in [4.69, 9.17) is 47.4 Å². The number of aliphatic hydroxyl groups is 2. The molecule has 0 aliphatic rings. The fraction of sp³-hybridized carbons (Fsp3) is 0.350. The van der Waals surface area contributed by atoms with Crippen LogP contribution in [-0.2, 0) is 34.4 Å². The third-order valence-electron chi connectivity index (χ3n) is 8.58. The van der Waals surface area contributed by atoms with Crippen LogP contribution in [0.5, 0.6) is 5.75 Å². The number of thioether (sulfide) groups is 1. The number of rotatable bonds is 19. The number of nitrogen functional groups attached to an aromatic ring is 1. The van der Waals surface area contributed by atoms with E-state index >= 15 is 0 Å². The maximum atomic E-state index is 13.2. The van der Waals surface area contributed by atoms with Gasteiger partial charge < -0.3 is 56.7 Å². The summed E-state index contributed by atoms with van der Waals surface area (Å²) >= 11 is 7.15. The molecule has 7 atom stereocenters. The topological polar surface area (TPSA) is 325 Å². The largest absolute Gasteiger partial charge is 0.490 e. The highest BCUT2D eigenvalue weighted by Gasteiger charge is 2.33. The van der Waals surface area contributed by atoms with Gasteiger partial charge in [0, 0.05) is 21.9 Å². The number of hydrogen-bond acceptors (Lipinski definition) is 18. The Balaban J connectivity index is 1.55. The third kappa shape index (κ3) is 12.9. The normalized spacial score (nSPS) is 14.4. The summed E-state index contributed by atoms with van der Waals surface area (Å²) in [5.74, 6) is -3.02. The number of aliphatic hydroxyl groups excluding tert-OH is 2. The number of amides is 2. The first-order valence-electron chi connectivity index (χ1n) is 18.5. The van der Waals surface area contributed by atoms with Crippen LogP contribution < -0.4 is 32.6 Å². The van der Waals surface area contributed by atoms with E-state index in [2.05, 4.69) is 26.7 Å². The number of hydrogen-bond donors (Lipinski definition) is 7.